The number of carbonyl (C=O) groups is 1. The van der Waals surface area contributed by atoms with Crippen molar-refractivity contribution in [2.75, 3.05) is 0 Å². The van der Waals surface area contributed by atoms with Gasteiger partial charge in [-0.05, 0) is 25.7 Å². The summed E-state index contributed by atoms with van der Waals surface area (Å²) in [5.74, 6) is 0.391. The third-order valence-corrected chi connectivity index (χ3v) is 4.53. The Balaban J connectivity index is 1.81. The van der Waals surface area contributed by atoms with Crippen molar-refractivity contribution in [1.82, 2.24) is 5.32 Å². The van der Waals surface area contributed by atoms with Crippen LogP contribution in [-0.4, -0.2) is 23.2 Å². The van der Waals surface area contributed by atoms with Gasteiger partial charge in [-0.2, -0.15) is 0 Å². The molecule has 0 heterocycles. The lowest BCUT2D eigenvalue weighted by Gasteiger charge is -2.30. The van der Waals surface area contributed by atoms with Gasteiger partial charge in [-0.3, -0.25) is 4.79 Å². The van der Waals surface area contributed by atoms with Crippen molar-refractivity contribution in [3.8, 4) is 0 Å². The van der Waals surface area contributed by atoms with Gasteiger partial charge in [0, 0.05) is 5.92 Å². The number of aliphatic hydroxyl groups is 1. The lowest BCUT2D eigenvalue weighted by atomic mass is 9.88. The van der Waals surface area contributed by atoms with Crippen LogP contribution in [0, 0.1) is 5.92 Å². The highest BCUT2D eigenvalue weighted by molar-refractivity contribution is 5.79. The van der Waals surface area contributed by atoms with Gasteiger partial charge in [0.05, 0.1) is 12.1 Å². The van der Waals surface area contributed by atoms with Crippen LogP contribution in [0.15, 0.2) is 0 Å². The van der Waals surface area contributed by atoms with Crippen molar-refractivity contribution in [1.29, 1.82) is 0 Å². The van der Waals surface area contributed by atoms with E-state index in [-0.39, 0.29) is 24.0 Å². The van der Waals surface area contributed by atoms with Crippen LogP contribution in [-0.2, 0) is 4.79 Å². The zero-order valence-corrected chi connectivity index (χ0v) is 11.4. The van der Waals surface area contributed by atoms with E-state index in [0.29, 0.717) is 0 Å². The van der Waals surface area contributed by atoms with Crippen LogP contribution in [0.3, 0.4) is 0 Å². The van der Waals surface area contributed by atoms with Crippen LogP contribution in [0.25, 0.3) is 0 Å². The lowest BCUT2D eigenvalue weighted by Crippen LogP contribution is -2.47. The van der Waals surface area contributed by atoms with Gasteiger partial charge in [-0.25, -0.2) is 0 Å². The fourth-order valence-corrected chi connectivity index (χ4v) is 3.30. The van der Waals surface area contributed by atoms with Crippen LogP contribution in [0.1, 0.15) is 70.6 Å². The van der Waals surface area contributed by atoms with Crippen LogP contribution in [0.4, 0.5) is 0 Å². The molecular weight excluding hydrogens is 226 g/mol. The summed E-state index contributed by atoms with van der Waals surface area (Å²) in [7, 11) is 0. The molecule has 3 nitrogen and oxygen atoms in total. The van der Waals surface area contributed by atoms with E-state index in [1.165, 1.54) is 32.1 Å². The maximum absolute atomic E-state index is 12.3. The second-order valence-corrected chi connectivity index (χ2v) is 6.01. The minimum atomic E-state index is -0.323. The van der Waals surface area contributed by atoms with Gasteiger partial charge in [0.25, 0.3) is 0 Å². The molecule has 104 valence electrons. The minimum absolute atomic E-state index is 0.0108. The van der Waals surface area contributed by atoms with Crippen LogP contribution < -0.4 is 5.32 Å². The van der Waals surface area contributed by atoms with Gasteiger partial charge in [0.2, 0.25) is 5.91 Å². The second-order valence-electron chi connectivity index (χ2n) is 6.01. The first-order valence-electron chi connectivity index (χ1n) is 7.76. The van der Waals surface area contributed by atoms with Gasteiger partial charge in [-0.15, -0.1) is 0 Å². The zero-order valence-electron chi connectivity index (χ0n) is 11.4. The molecular formula is C15H27NO2. The molecule has 2 rings (SSSR count). The molecule has 2 atom stereocenters. The number of hydrogen-bond acceptors (Lipinski definition) is 2. The smallest absolute Gasteiger partial charge is 0.223 e. The van der Waals surface area contributed by atoms with Gasteiger partial charge < -0.3 is 10.4 Å². The number of nitrogens with one attached hydrogen (secondary N) is 1. The SMILES string of the molecule is O=C(N[C@@H]1CCCC[C@H]1O)C1CCCCCCC1. The molecule has 0 aromatic heterocycles. The molecule has 0 aromatic carbocycles. The monoisotopic (exact) mass is 253 g/mol. The van der Waals surface area contributed by atoms with Crippen LogP contribution in [0.2, 0.25) is 0 Å². The van der Waals surface area contributed by atoms with Gasteiger partial charge in [0.15, 0.2) is 0 Å². The van der Waals surface area contributed by atoms with Crippen LogP contribution in [0.5, 0.6) is 0 Å². The van der Waals surface area contributed by atoms with E-state index < -0.39 is 0 Å². The van der Waals surface area contributed by atoms with Crippen molar-refractivity contribution in [3.05, 3.63) is 0 Å². The molecule has 0 spiro atoms. The summed E-state index contributed by atoms with van der Waals surface area (Å²) in [5.41, 5.74) is 0. The Morgan fingerprint density at radius 1 is 0.833 bits per heavy atom. The van der Waals surface area contributed by atoms with Crippen molar-refractivity contribution in [3.63, 3.8) is 0 Å². The quantitative estimate of drug-likeness (QED) is 0.795. The topological polar surface area (TPSA) is 49.3 Å². The maximum Gasteiger partial charge on any atom is 0.223 e. The Labute approximate surface area is 110 Å². The number of aliphatic hydroxyl groups excluding tert-OH is 1. The highest BCUT2D eigenvalue weighted by Crippen LogP contribution is 2.24. The van der Waals surface area contributed by atoms with E-state index in [1.54, 1.807) is 0 Å². The lowest BCUT2D eigenvalue weighted by molar-refractivity contribution is -0.127. The highest BCUT2D eigenvalue weighted by Gasteiger charge is 2.27. The first kappa shape index (κ1) is 13.9. The summed E-state index contributed by atoms with van der Waals surface area (Å²) in [6.45, 7) is 0. The average molecular weight is 253 g/mol. The summed E-state index contributed by atoms with van der Waals surface area (Å²) in [4.78, 5) is 12.3. The number of carbonyl (C=O) groups excluding carboxylic acids is 1. The molecule has 1 amide bonds. The second kappa shape index (κ2) is 7.13. The summed E-state index contributed by atoms with van der Waals surface area (Å²) in [6.07, 6.45) is 12.0. The van der Waals surface area contributed by atoms with Crippen molar-refractivity contribution >= 4 is 5.91 Å². The molecule has 2 fully saturated rings. The normalized spacial score (nSPS) is 31.4. The van der Waals surface area contributed by atoms with Gasteiger partial charge in [0.1, 0.15) is 0 Å². The van der Waals surface area contributed by atoms with E-state index in [4.69, 9.17) is 0 Å². The molecule has 2 aliphatic carbocycles. The summed E-state index contributed by atoms with van der Waals surface area (Å²) < 4.78 is 0. The van der Waals surface area contributed by atoms with Gasteiger partial charge >= 0.3 is 0 Å². The third-order valence-electron chi connectivity index (χ3n) is 4.53. The standard InChI is InChI=1S/C15H27NO2/c17-14-11-7-6-10-13(14)16-15(18)12-8-4-2-1-3-5-9-12/h12-14,17H,1-11H2,(H,16,18)/t13-,14-/m1/s1. The molecule has 0 radical (unpaired) electrons. The number of hydrogen-bond donors (Lipinski definition) is 2. The maximum atomic E-state index is 12.3. The Morgan fingerprint density at radius 2 is 1.39 bits per heavy atom. The Bertz CT molecular complexity index is 259. The molecule has 0 aromatic rings. The summed E-state index contributed by atoms with van der Waals surface area (Å²) in [6, 6.07) is 0.0108. The van der Waals surface area contributed by atoms with Crippen molar-refractivity contribution in [2.45, 2.75) is 82.8 Å². The van der Waals surface area contributed by atoms with Crippen molar-refractivity contribution < 1.29 is 9.90 Å². The van der Waals surface area contributed by atoms with E-state index in [9.17, 15) is 9.90 Å². The predicted molar refractivity (Wildman–Crippen MR) is 72.2 cm³/mol. The molecule has 0 unspecified atom stereocenters. The molecule has 18 heavy (non-hydrogen) atoms. The summed E-state index contributed by atoms with van der Waals surface area (Å²) in [5, 5.41) is 13.0. The first-order chi connectivity index (χ1) is 8.77. The highest BCUT2D eigenvalue weighted by atomic mass is 16.3. The Morgan fingerprint density at radius 3 is 2.06 bits per heavy atom. The molecule has 2 N–H and O–H groups in total. The number of rotatable bonds is 2. The minimum Gasteiger partial charge on any atom is -0.391 e. The van der Waals surface area contributed by atoms with Crippen LogP contribution >= 0.6 is 0 Å². The predicted octanol–water partition coefficient (Wildman–Crippen LogP) is 2.77. The molecule has 3 heteroatoms. The molecule has 2 saturated carbocycles. The van der Waals surface area contributed by atoms with Gasteiger partial charge in [-0.1, -0.05) is 44.9 Å². The Kier molecular flexibility index (Phi) is 5.48. The van der Waals surface area contributed by atoms with E-state index in [0.717, 1.165) is 38.5 Å². The average Bonchev–Trinajstić information content (AvgIpc) is 2.31. The third kappa shape index (κ3) is 3.98. The molecule has 0 bridgehead atoms. The largest absolute Gasteiger partial charge is 0.391 e. The number of amides is 1. The Hall–Kier alpha value is -0.570. The van der Waals surface area contributed by atoms with E-state index in [1.807, 2.05) is 0 Å². The first-order valence-corrected chi connectivity index (χ1v) is 7.76. The van der Waals surface area contributed by atoms with Crippen molar-refractivity contribution in [2.24, 2.45) is 5.92 Å². The van der Waals surface area contributed by atoms with E-state index in [2.05, 4.69) is 5.32 Å². The fourth-order valence-electron chi connectivity index (χ4n) is 3.30. The van der Waals surface area contributed by atoms with E-state index >= 15 is 0 Å². The molecule has 2 aliphatic rings. The fraction of sp³-hybridized carbons (Fsp3) is 0.933. The molecule has 0 aliphatic heterocycles. The molecule has 0 saturated heterocycles. The summed E-state index contributed by atoms with van der Waals surface area (Å²) >= 11 is 0. The zero-order chi connectivity index (χ0) is 12.8.